The zero-order chi connectivity index (χ0) is 19.6. The molecule has 2 aliphatic rings. The molecule has 1 fully saturated rings. The molecule has 3 aromatic rings. The lowest BCUT2D eigenvalue weighted by Crippen LogP contribution is -2.36. The number of fused-ring (bicyclic) bond motifs is 3. The van der Waals surface area contributed by atoms with Gasteiger partial charge in [0.2, 0.25) is 0 Å². The van der Waals surface area contributed by atoms with Crippen molar-refractivity contribution < 1.29 is 4.74 Å². The molecule has 0 spiro atoms. The van der Waals surface area contributed by atoms with Gasteiger partial charge in [0.1, 0.15) is 16.5 Å². The van der Waals surface area contributed by atoms with E-state index < -0.39 is 0 Å². The van der Waals surface area contributed by atoms with Crippen molar-refractivity contribution in [2.24, 2.45) is 5.92 Å². The number of morpholine rings is 1. The standard InChI is InChI=1S/C22H27N5OS/c1-15-4-5-17-18(11-15)29-22-20(17)21(24-13-16-3-2-6-23-12-16)25-19(26-22)14-27-7-9-28-10-8-27/h2-3,6,12,15H,4-5,7-11,13-14H2,1H3,(H,24,25,26)/t15-/m1/s1. The van der Waals surface area contributed by atoms with E-state index in [4.69, 9.17) is 14.7 Å². The Kier molecular flexibility index (Phi) is 5.44. The highest BCUT2D eigenvalue weighted by Crippen LogP contribution is 2.40. The summed E-state index contributed by atoms with van der Waals surface area (Å²) in [5.41, 5.74) is 2.63. The van der Waals surface area contributed by atoms with Crippen LogP contribution < -0.4 is 5.32 Å². The molecule has 152 valence electrons. The molecule has 3 aromatic heterocycles. The van der Waals surface area contributed by atoms with Crippen LogP contribution in [0.5, 0.6) is 0 Å². The fourth-order valence-corrected chi connectivity index (χ4v) is 5.63. The molecule has 0 unspecified atom stereocenters. The fraction of sp³-hybridized carbons (Fsp3) is 0.500. The van der Waals surface area contributed by atoms with Crippen molar-refractivity contribution in [2.75, 3.05) is 31.6 Å². The van der Waals surface area contributed by atoms with Gasteiger partial charge in [-0.15, -0.1) is 11.3 Å². The van der Waals surface area contributed by atoms with Crippen LogP contribution in [0.4, 0.5) is 5.82 Å². The molecule has 1 N–H and O–H groups in total. The summed E-state index contributed by atoms with van der Waals surface area (Å²) in [4.78, 5) is 19.2. The first-order valence-corrected chi connectivity index (χ1v) is 11.3. The summed E-state index contributed by atoms with van der Waals surface area (Å²) in [6, 6.07) is 4.07. The first-order chi connectivity index (χ1) is 14.3. The summed E-state index contributed by atoms with van der Waals surface area (Å²) < 4.78 is 5.49. The Hall–Kier alpha value is -2.09. The molecule has 1 aliphatic carbocycles. The number of ether oxygens (including phenoxy) is 1. The second kappa shape index (κ2) is 8.34. The third-order valence-electron chi connectivity index (χ3n) is 5.85. The fourth-order valence-electron chi connectivity index (χ4n) is 4.23. The van der Waals surface area contributed by atoms with Gasteiger partial charge in [0, 0.05) is 36.9 Å². The van der Waals surface area contributed by atoms with Crippen LogP contribution in [0.2, 0.25) is 0 Å². The number of nitrogens with zero attached hydrogens (tertiary/aromatic N) is 4. The van der Waals surface area contributed by atoms with Crippen LogP contribution in [0, 0.1) is 5.92 Å². The van der Waals surface area contributed by atoms with Crippen molar-refractivity contribution in [1.82, 2.24) is 19.9 Å². The smallest absolute Gasteiger partial charge is 0.146 e. The number of nitrogens with one attached hydrogen (secondary N) is 1. The van der Waals surface area contributed by atoms with E-state index in [1.807, 2.05) is 29.8 Å². The Labute approximate surface area is 175 Å². The molecular weight excluding hydrogens is 382 g/mol. The molecule has 0 aromatic carbocycles. The van der Waals surface area contributed by atoms with E-state index in [-0.39, 0.29) is 0 Å². The van der Waals surface area contributed by atoms with Crippen molar-refractivity contribution >= 4 is 27.4 Å². The Morgan fingerprint density at radius 1 is 1.28 bits per heavy atom. The lowest BCUT2D eigenvalue weighted by Gasteiger charge is -2.26. The molecule has 4 heterocycles. The van der Waals surface area contributed by atoms with E-state index in [9.17, 15) is 0 Å². The molecular formula is C22H27N5OS. The van der Waals surface area contributed by atoms with Crippen molar-refractivity contribution in [3.63, 3.8) is 0 Å². The van der Waals surface area contributed by atoms with Crippen LogP contribution in [0.1, 0.15) is 35.2 Å². The Morgan fingerprint density at radius 3 is 3.00 bits per heavy atom. The highest BCUT2D eigenvalue weighted by Gasteiger charge is 2.24. The van der Waals surface area contributed by atoms with Gasteiger partial charge >= 0.3 is 0 Å². The molecule has 0 radical (unpaired) electrons. The normalized spacial score (nSPS) is 20.0. The second-order valence-electron chi connectivity index (χ2n) is 8.12. The maximum atomic E-state index is 5.49. The van der Waals surface area contributed by atoms with Gasteiger partial charge < -0.3 is 10.1 Å². The van der Waals surface area contributed by atoms with Gasteiger partial charge in [-0.05, 0) is 42.4 Å². The minimum absolute atomic E-state index is 0.720. The minimum Gasteiger partial charge on any atom is -0.379 e. The van der Waals surface area contributed by atoms with Crippen molar-refractivity contribution in [2.45, 2.75) is 39.3 Å². The van der Waals surface area contributed by atoms with Crippen LogP contribution in [-0.2, 0) is 30.7 Å². The molecule has 0 amide bonds. The highest BCUT2D eigenvalue weighted by atomic mass is 32.1. The molecule has 0 saturated carbocycles. The van der Waals surface area contributed by atoms with E-state index >= 15 is 0 Å². The van der Waals surface area contributed by atoms with Crippen molar-refractivity contribution in [3.8, 4) is 0 Å². The number of aromatic nitrogens is 3. The van der Waals surface area contributed by atoms with E-state index in [1.54, 1.807) is 0 Å². The van der Waals surface area contributed by atoms with Crippen LogP contribution in [-0.4, -0.2) is 46.2 Å². The second-order valence-corrected chi connectivity index (χ2v) is 9.21. The van der Waals surface area contributed by atoms with Gasteiger partial charge in [-0.25, -0.2) is 9.97 Å². The Balaban J connectivity index is 1.49. The summed E-state index contributed by atoms with van der Waals surface area (Å²) in [5, 5.41) is 4.84. The SMILES string of the molecule is C[C@@H]1CCc2c(sc3nc(CN4CCOCC4)nc(NCc4cccnc4)c23)C1. The van der Waals surface area contributed by atoms with E-state index in [0.29, 0.717) is 0 Å². The lowest BCUT2D eigenvalue weighted by molar-refractivity contribution is 0.0331. The molecule has 6 nitrogen and oxygen atoms in total. The summed E-state index contributed by atoms with van der Waals surface area (Å²) in [6.07, 6.45) is 7.26. The molecule has 5 rings (SSSR count). The summed E-state index contributed by atoms with van der Waals surface area (Å²) in [7, 11) is 0. The number of anilines is 1. The monoisotopic (exact) mass is 409 g/mol. The van der Waals surface area contributed by atoms with E-state index in [2.05, 4.69) is 28.2 Å². The molecule has 1 aliphatic heterocycles. The van der Waals surface area contributed by atoms with Gasteiger partial charge in [0.15, 0.2) is 0 Å². The first kappa shape index (κ1) is 18.9. The van der Waals surface area contributed by atoms with Crippen LogP contribution in [0.15, 0.2) is 24.5 Å². The number of rotatable bonds is 5. The summed E-state index contributed by atoms with van der Waals surface area (Å²) >= 11 is 1.87. The molecule has 0 bridgehead atoms. The summed E-state index contributed by atoms with van der Waals surface area (Å²) in [5.74, 6) is 2.64. The molecule has 29 heavy (non-hydrogen) atoms. The van der Waals surface area contributed by atoms with Gasteiger partial charge in [0.25, 0.3) is 0 Å². The van der Waals surface area contributed by atoms with Crippen molar-refractivity contribution in [3.05, 3.63) is 46.4 Å². The number of aryl methyl sites for hydroxylation is 1. The van der Waals surface area contributed by atoms with Gasteiger partial charge in [-0.1, -0.05) is 13.0 Å². The number of hydrogen-bond acceptors (Lipinski definition) is 7. The third kappa shape index (κ3) is 4.13. The number of pyridine rings is 1. The maximum Gasteiger partial charge on any atom is 0.146 e. The maximum absolute atomic E-state index is 5.49. The lowest BCUT2D eigenvalue weighted by atomic mass is 9.89. The Bertz CT molecular complexity index is 984. The molecule has 1 atom stereocenters. The summed E-state index contributed by atoms with van der Waals surface area (Å²) in [6.45, 7) is 7.32. The van der Waals surface area contributed by atoms with Gasteiger partial charge in [-0.3, -0.25) is 9.88 Å². The zero-order valence-electron chi connectivity index (χ0n) is 16.9. The zero-order valence-corrected chi connectivity index (χ0v) is 17.7. The average Bonchev–Trinajstić information content (AvgIpc) is 3.11. The van der Waals surface area contributed by atoms with Crippen LogP contribution in [0.25, 0.3) is 10.2 Å². The quantitative estimate of drug-likeness (QED) is 0.694. The molecule has 1 saturated heterocycles. The topological polar surface area (TPSA) is 63.2 Å². The predicted molar refractivity (Wildman–Crippen MR) is 116 cm³/mol. The van der Waals surface area contributed by atoms with Crippen LogP contribution in [0.3, 0.4) is 0 Å². The number of hydrogen-bond donors (Lipinski definition) is 1. The highest BCUT2D eigenvalue weighted by molar-refractivity contribution is 7.19. The predicted octanol–water partition coefficient (Wildman–Crippen LogP) is 3.66. The van der Waals surface area contributed by atoms with Gasteiger partial charge in [-0.2, -0.15) is 0 Å². The van der Waals surface area contributed by atoms with E-state index in [0.717, 1.165) is 80.2 Å². The van der Waals surface area contributed by atoms with Crippen LogP contribution >= 0.6 is 11.3 Å². The first-order valence-electron chi connectivity index (χ1n) is 10.5. The third-order valence-corrected chi connectivity index (χ3v) is 7.00. The molecule has 7 heteroatoms. The van der Waals surface area contributed by atoms with Crippen molar-refractivity contribution in [1.29, 1.82) is 0 Å². The van der Waals surface area contributed by atoms with Gasteiger partial charge in [0.05, 0.1) is 25.1 Å². The van der Waals surface area contributed by atoms with E-state index in [1.165, 1.54) is 22.2 Å². The largest absolute Gasteiger partial charge is 0.379 e. The Morgan fingerprint density at radius 2 is 2.17 bits per heavy atom. The minimum atomic E-state index is 0.720. The number of thiophene rings is 1. The average molecular weight is 410 g/mol.